The monoisotopic (exact) mass is 518 g/mol. The van der Waals surface area contributed by atoms with E-state index in [9.17, 15) is 0 Å². The van der Waals surface area contributed by atoms with E-state index >= 15 is 0 Å². The highest BCUT2D eigenvalue weighted by molar-refractivity contribution is 6.30. The maximum Gasteiger partial charge on any atom is 0.300 e. The summed E-state index contributed by atoms with van der Waals surface area (Å²) in [6, 6.07) is 10.3. The summed E-state index contributed by atoms with van der Waals surface area (Å²) in [5.41, 5.74) is 7.23. The largest absolute Gasteiger partial charge is 0.481 e. The minimum Gasteiger partial charge on any atom is -0.481 e. The van der Waals surface area contributed by atoms with E-state index in [-0.39, 0.29) is 0 Å². The highest BCUT2D eigenvalue weighted by Crippen LogP contribution is 2.30. The number of hydrogen-bond acceptors (Lipinski definition) is 8. The van der Waals surface area contributed by atoms with Gasteiger partial charge in [-0.3, -0.25) is 14.6 Å². The minimum atomic E-state index is -0.833. The molecule has 1 aromatic carbocycles. The number of rotatable bonds is 4. The second-order valence-corrected chi connectivity index (χ2v) is 10.5. The van der Waals surface area contributed by atoms with Crippen molar-refractivity contribution in [1.82, 2.24) is 14.7 Å². The number of ether oxygens (including phenoxy) is 1. The normalized spacial score (nSPS) is 26.1. The first kappa shape index (κ1) is 26.9. The number of aliphatic carboxylic acids is 1. The highest BCUT2D eigenvalue weighted by atomic mass is 35.5. The average molecular weight is 519 g/mol. The number of halogens is 1. The number of nitrogens with two attached hydrogens (primary N) is 1. The van der Waals surface area contributed by atoms with Gasteiger partial charge in [0.2, 0.25) is 0 Å². The van der Waals surface area contributed by atoms with Crippen LogP contribution in [0.25, 0.3) is 0 Å². The number of morpholine rings is 1. The topological polar surface area (TPSA) is 107 Å². The predicted octanol–water partition coefficient (Wildman–Crippen LogP) is 2.68. The molecule has 0 radical (unpaired) electrons. The van der Waals surface area contributed by atoms with Crippen molar-refractivity contribution in [3.05, 3.63) is 34.9 Å². The lowest BCUT2D eigenvalue weighted by Crippen LogP contribution is -2.59. The molecule has 4 heterocycles. The van der Waals surface area contributed by atoms with Gasteiger partial charge in [0, 0.05) is 62.8 Å². The number of hydrogen-bond donors (Lipinski definition) is 2. The van der Waals surface area contributed by atoms with Crippen molar-refractivity contribution in [3.63, 3.8) is 0 Å². The van der Waals surface area contributed by atoms with Crippen molar-refractivity contribution < 1.29 is 14.6 Å². The zero-order chi connectivity index (χ0) is 25.5. The van der Waals surface area contributed by atoms with Gasteiger partial charge in [0.1, 0.15) is 11.7 Å². The van der Waals surface area contributed by atoms with Crippen molar-refractivity contribution >= 4 is 29.2 Å². The van der Waals surface area contributed by atoms with Gasteiger partial charge in [0.25, 0.3) is 5.97 Å². The molecule has 0 aromatic heterocycles. The number of likely N-dealkylation sites (tertiary alicyclic amines) is 2. The lowest BCUT2D eigenvalue weighted by molar-refractivity contribution is -0.134. The van der Waals surface area contributed by atoms with Crippen molar-refractivity contribution in [1.29, 1.82) is 0 Å². The summed E-state index contributed by atoms with van der Waals surface area (Å²) >= 11 is 6.13. The number of piperidine rings is 2. The lowest BCUT2D eigenvalue weighted by atomic mass is 9.88. The molecule has 0 spiro atoms. The molecule has 0 amide bonds. The molecule has 198 valence electrons. The van der Waals surface area contributed by atoms with Gasteiger partial charge in [-0.2, -0.15) is 0 Å². The van der Waals surface area contributed by atoms with Gasteiger partial charge >= 0.3 is 0 Å². The summed E-state index contributed by atoms with van der Waals surface area (Å²) in [5, 5.41) is 16.6. The number of amidine groups is 2. The summed E-state index contributed by atoms with van der Waals surface area (Å²) in [6.45, 7) is 8.21. The molecule has 1 aromatic rings. The standard InChI is InChI=1S/C24H35ClN6O.C2H4O2/c25-19-3-1-18(2-4-19)15-21-5-6-22(29-11-13-32-14-12-29)17-31(21)20-7-9-30(10-8-20)24-16-23(26)27-28-24;1-2(3)4/h1-4,20-22H,5-17H2,(H2,26,27);1H3,(H,3,4)/t21-,22-;/m1./s1. The van der Waals surface area contributed by atoms with Crippen LogP contribution in [-0.4, -0.2) is 102 Å². The third kappa shape index (κ3) is 7.41. The summed E-state index contributed by atoms with van der Waals surface area (Å²) in [4.78, 5) is 16.9. The van der Waals surface area contributed by atoms with Gasteiger partial charge in [0.15, 0.2) is 0 Å². The molecule has 0 aliphatic carbocycles. The molecule has 4 aliphatic heterocycles. The van der Waals surface area contributed by atoms with Gasteiger partial charge in [-0.15, -0.1) is 10.2 Å². The van der Waals surface area contributed by atoms with E-state index in [1.165, 1.54) is 37.8 Å². The number of nitrogens with zero attached hydrogens (tertiary/aromatic N) is 5. The molecule has 36 heavy (non-hydrogen) atoms. The Hall–Kier alpha value is -2.20. The molecule has 0 saturated carbocycles. The highest BCUT2D eigenvalue weighted by Gasteiger charge is 2.37. The summed E-state index contributed by atoms with van der Waals surface area (Å²) in [7, 11) is 0. The zero-order valence-corrected chi connectivity index (χ0v) is 21.9. The molecular formula is C26H39ClN6O3. The van der Waals surface area contributed by atoms with Crippen LogP contribution in [0.5, 0.6) is 0 Å². The summed E-state index contributed by atoms with van der Waals surface area (Å²) in [5.74, 6) is 0.845. The number of benzene rings is 1. The van der Waals surface area contributed by atoms with Crippen LogP contribution >= 0.6 is 11.6 Å². The Morgan fingerprint density at radius 2 is 1.72 bits per heavy atom. The molecule has 0 bridgehead atoms. The molecule has 9 nitrogen and oxygen atoms in total. The first-order valence-electron chi connectivity index (χ1n) is 13.0. The Balaban J connectivity index is 0.000000709. The fourth-order valence-corrected chi connectivity index (χ4v) is 5.95. The predicted molar refractivity (Wildman–Crippen MR) is 143 cm³/mol. The smallest absolute Gasteiger partial charge is 0.300 e. The third-order valence-corrected chi connectivity index (χ3v) is 7.85. The zero-order valence-electron chi connectivity index (χ0n) is 21.2. The molecule has 3 fully saturated rings. The van der Waals surface area contributed by atoms with Crippen LogP contribution in [0, 0.1) is 0 Å². The minimum absolute atomic E-state index is 0.591. The van der Waals surface area contributed by atoms with E-state index in [1.807, 2.05) is 12.1 Å². The van der Waals surface area contributed by atoms with Crippen molar-refractivity contribution in [3.8, 4) is 0 Å². The number of carboxylic acids is 1. The van der Waals surface area contributed by atoms with Crippen LogP contribution in [-0.2, 0) is 16.0 Å². The molecule has 3 saturated heterocycles. The molecular weight excluding hydrogens is 480 g/mol. The van der Waals surface area contributed by atoms with Crippen molar-refractivity contribution in [2.75, 3.05) is 45.9 Å². The molecule has 3 N–H and O–H groups in total. The van der Waals surface area contributed by atoms with E-state index in [1.54, 1.807) is 0 Å². The second kappa shape index (κ2) is 12.9. The van der Waals surface area contributed by atoms with E-state index in [0.29, 0.717) is 30.4 Å². The molecule has 0 unspecified atom stereocenters. The Bertz CT molecular complexity index is 922. The van der Waals surface area contributed by atoms with E-state index in [0.717, 1.165) is 63.6 Å². The maximum absolute atomic E-state index is 9.00. The van der Waals surface area contributed by atoms with Gasteiger partial charge < -0.3 is 20.5 Å². The van der Waals surface area contributed by atoms with Crippen LogP contribution in [0.15, 0.2) is 34.5 Å². The fraction of sp³-hybridized carbons (Fsp3) is 0.654. The van der Waals surface area contributed by atoms with Crippen LogP contribution in [0.1, 0.15) is 44.6 Å². The van der Waals surface area contributed by atoms with E-state index < -0.39 is 5.97 Å². The molecule has 2 atom stereocenters. The maximum atomic E-state index is 9.00. The van der Waals surface area contributed by atoms with Crippen molar-refractivity contribution in [2.45, 2.75) is 63.6 Å². The van der Waals surface area contributed by atoms with Crippen LogP contribution in [0.3, 0.4) is 0 Å². The van der Waals surface area contributed by atoms with Gasteiger partial charge in [-0.25, -0.2) is 0 Å². The van der Waals surface area contributed by atoms with Crippen LogP contribution in [0.4, 0.5) is 0 Å². The summed E-state index contributed by atoms with van der Waals surface area (Å²) in [6.07, 6.45) is 6.68. The summed E-state index contributed by atoms with van der Waals surface area (Å²) < 4.78 is 5.61. The Kier molecular flexibility index (Phi) is 9.59. The van der Waals surface area contributed by atoms with Gasteiger partial charge in [-0.1, -0.05) is 23.7 Å². The Morgan fingerprint density at radius 1 is 1.06 bits per heavy atom. The lowest BCUT2D eigenvalue weighted by Gasteiger charge is -2.49. The quantitative estimate of drug-likeness (QED) is 0.631. The van der Waals surface area contributed by atoms with E-state index in [4.69, 9.17) is 32.0 Å². The Labute approximate surface area is 218 Å². The van der Waals surface area contributed by atoms with Crippen LogP contribution in [0.2, 0.25) is 5.02 Å². The molecule has 4 aliphatic rings. The molecule has 5 rings (SSSR count). The number of carbonyl (C=O) groups is 1. The van der Waals surface area contributed by atoms with Crippen molar-refractivity contribution in [2.24, 2.45) is 15.9 Å². The second-order valence-electron chi connectivity index (χ2n) is 10.1. The van der Waals surface area contributed by atoms with E-state index in [2.05, 4.69) is 37.0 Å². The Morgan fingerprint density at radius 3 is 2.33 bits per heavy atom. The first-order chi connectivity index (χ1) is 17.4. The fourth-order valence-electron chi connectivity index (χ4n) is 5.82. The number of carboxylic acid groups (broad SMARTS) is 1. The van der Waals surface area contributed by atoms with Gasteiger partial charge in [0.05, 0.1) is 19.6 Å². The van der Waals surface area contributed by atoms with Crippen LogP contribution < -0.4 is 5.73 Å². The molecule has 10 heteroatoms. The SMILES string of the molecule is CC(=O)O.NC1=NN=C(N2CCC(N3C[C@H](N4CCOCC4)CC[C@@H]3Cc3ccc(Cl)cc3)CC2)C1. The average Bonchev–Trinajstić information content (AvgIpc) is 3.32. The first-order valence-corrected chi connectivity index (χ1v) is 13.4. The van der Waals surface area contributed by atoms with Gasteiger partial charge in [-0.05, 0) is 49.8 Å². The third-order valence-electron chi connectivity index (χ3n) is 7.60.